The molecule has 0 N–H and O–H groups in total. The van der Waals surface area contributed by atoms with Crippen molar-refractivity contribution in [2.45, 2.75) is 33.4 Å². The van der Waals surface area contributed by atoms with E-state index in [9.17, 15) is 4.79 Å². The zero-order chi connectivity index (χ0) is 16.4. The number of hydrogen-bond acceptors (Lipinski definition) is 6. The molecule has 0 aliphatic carbocycles. The number of morpholine rings is 1. The maximum atomic E-state index is 11.9. The molecular weight excluding hydrogens is 294 g/mol. The van der Waals surface area contributed by atoms with Gasteiger partial charge in [0.15, 0.2) is 11.6 Å². The van der Waals surface area contributed by atoms with Crippen molar-refractivity contribution < 1.29 is 9.53 Å². The third kappa shape index (κ3) is 2.96. The second-order valence-corrected chi connectivity index (χ2v) is 5.67. The van der Waals surface area contributed by atoms with Gasteiger partial charge in [0.05, 0.1) is 24.9 Å². The van der Waals surface area contributed by atoms with Crippen molar-refractivity contribution in [1.82, 2.24) is 20.0 Å². The van der Waals surface area contributed by atoms with Gasteiger partial charge in [-0.3, -0.25) is 9.48 Å². The first-order valence-corrected chi connectivity index (χ1v) is 7.87. The number of ether oxygens (including phenoxy) is 1. The summed E-state index contributed by atoms with van der Waals surface area (Å²) in [6, 6.07) is 4.07. The molecule has 1 fully saturated rings. The molecule has 0 aromatic carbocycles. The van der Waals surface area contributed by atoms with E-state index in [0.29, 0.717) is 18.9 Å². The highest BCUT2D eigenvalue weighted by atomic mass is 16.5. The van der Waals surface area contributed by atoms with Crippen LogP contribution in [0, 0.1) is 0 Å². The Morgan fingerprint density at radius 3 is 2.96 bits per heavy atom. The van der Waals surface area contributed by atoms with Crippen molar-refractivity contribution in [1.29, 1.82) is 0 Å². The van der Waals surface area contributed by atoms with Gasteiger partial charge in [0.2, 0.25) is 0 Å². The van der Waals surface area contributed by atoms with Gasteiger partial charge in [0, 0.05) is 31.8 Å². The molecular formula is C16H21N5O2. The zero-order valence-corrected chi connectivity index (χ0v) is 13.7. The van der Waals surface area contributed by atoms with Crippen LogP contribution < -0.4 is 4.90 Å². The smallest absolute Gasteiger partial charge is 0.180 e. The summed E-state index contributed by atoms with van der Waals surface area (Å²) >= 11 is 0. The molecule has 1 saturated heterocycles. The monoisotopic (exact) mass is 315 g/mol. The van der Waals surface area contributed by atoms with Gasteiger partial charge in [-0.05, 0) is 26.0 Å². The highest BCUT2D eigenvalue weighted by Crippen LogP contribution is 2.27. The van der Waals surface area contributed by atoms with Gasteiger partial charge in [-0.1, -0.05) is 0 Å². The number of aryl methyl sites for hydroxylation is 1. The summed E-state index contributed by atoms with van der Waals surface area (Å²) in [5, 5.41) is 12.8. The quantitative estimate of drug-likeness (QED) is 0.801. The van der Waals surface area contributed by atoms with Crippen molar-refractivity contribution in [2.75, 3.05) is 24.7 Å². The largest absolute Gasteiger partial charge is 0.377 e. The van der Waals surface area contributed by atoms with Gasteiger partial charge in [-0.25, -0.2) is 0 Å². The van der Waals surface area contributed by atoms with Gasteiger partial charge in [-0.15, -0.1) is 10.2 Å². The molecule has 2 aromatic rings. The number of carbonyl (C=O) groups is 1. The molecule has 0 amide bonds. The fourth-order valence-electron chi connectivity index (χ4n) is 2.86. The number of hydrogen-bond donors (Lipinski definition) is 0. The number of anilines is 1. The highest BCUT2D eigenvalue weighted by Gasteiger charge is 2.23. The predicted molar refractivity (Wildman–Crippen MR) is 86.6 cm³/mol. The lowest BCUT2D eigenvalue weighted by atomic mass is 10.1. The van der Waals surface area contributed by atoms with Gasteiger partial charge >= 0.3 is 0 Å². The number of carbonyl (C=O) groups excluding carboxylic acids is 1. The Labute approximate surface area is 135 Å². The highest BCUT2D eigenvalue weighted by molar-refractivity contribution is 5.98. The summed E-state index contributed by atoms with van der Waals surface area (Å²) in [5.41, 5.74) is 2.04. The van der Waals surface area contributed by atoms with Crippen LogP contribution in [0.1, 0.15) is 31.3 Å². The molecule has 0 unspecified atom stereocenters. The van der Waals surface area contributed by atoms with E-state index in [1.54, 1.807) is 6.20 Å². The Kier molecular flexibility index (Phi) is 4.38. The van der Waals surface area contributed by atoms with Crippen LogP contribution in [0.15, 0.2) is 18.3 Å². The van der Waals surface area contributed by atoms with E-state index in [1.807, 2.05) is 23.7 Å². The molecule has 1 aliphatic heterocycles. The topological polar surface area (TPSA) is 73.1 Å². The predicted octanol–water partition coefficient (Wildman–Crippen LogP) is 1.79. The molecule has 3 rings (SSSR count). The molecule has 7 nitrogen and oxygen atoms in total. The summed E-state index contributed by atoms with van der Waals surface area (Å²) < 4.78 is 7.33. The van der Waals surface area contributed by atoms with Crippen LogP contribution in [-0.2, 0) is 11.3 Å². The molecule has 122 valence electrons. The molecule has 0 radical (unpaired) electrons. The average Bonchev–Trinajstić information content (AvgIpc) is 3.03. The zero-order valence-electron chi connectivity index (χ0n) is 13.7. The number of nitrogens with zero attached hydrogens (tertiary/aromatic N) is 5. The average molecular weight is 315 g/mol. The molecule has 23 heavy (non-hydrogen) atoms. The second kappa shape index (κ2) is 6.45. The summed E-state index contributed by atoms with van der Waals surface area (Å²) in [7, 11) is 0. The Morgan fingerprint density at radius 2 is 2.26 bits per heavy atom. The van der Waals surface area contributed by atoms with Crippen molar-refractivity contribution >= 4 is 11.6 Å². The molecule has 7 heteroatoms. The van der Waals surface area contributed by atoms with Crippen molar-refractivity contribution in [3.8, 4) is 11.3 Å². The van der Waals surface area contributed by atoms with Crippen LogP contribution >= 0.6 is 0 Å². The van der Waals surface area contributed by atoms with E-state index >= 15 is 0 Å². The van der Waals surface area contributed by atoms with Crippen molar-refractivity contribution in [3.63, 3.8) is 0 Å². The third-order valence-corrected chi connectivity index (χ3v) is 4.07. The minimum atomic E-state index is -0.0991. The maximum absolute atomic E-state index is 11.9. The van der Waals surface area contributed by atoms with Gasteiger partial charge in [-0.2, -0.15) is 5.10 Å². The van der Waals surface area contributed by atoms with E-state index in [4.69, 9.17) is 4.74 Å². The van der Waals surface area contributed by atoms with E-state index in [1.165, 1.54) is 6.92 Å². The first-order valence-electron chi connectivity index (χ1n) is 7.87. The van der Waals surface area contributed by atoms with Gasteiger partial charge in [0.1, 0.15) is 5.69 Å². The minimum Gasteiger partial charge on any atom is -0.377 e. The summed E-state index contributed by atoms with van der Waals surface area (Å²) in [6.45, 7) is 8.45. The molecule has 0 spiro atoms. The van der Waals surface area contributed by atoms with Crippen LogP contribution in [0.5, 0.6) is 0 Å². The van der Waals surface area contributed by atoms with E-state index in [0.717, 1.165) is 30.2 Å². The van der Waals surface area contributed by atoms with Crippen molar-refractivity contribution in [2.24, 2.45) is 0 Å². The lowest BCUT2D eigenvalue weighted by Gasteiger charge is -2.34. The molecule has 0 saturated carbocycles. The normalized spacial score (nSPS) is 18.2. The molecule has 1 atom stereocenters. The SMILES string of the molecule is CCn1nccc1-c1cc(N2CCOC[C@H]2C)nnc1C(C)=O. The van der Waals surface area contributed by atoms with Crippen LogP contribution in [0.2, 0.25) is 0 Å². The third-order valence-electron chi connectivity index (χ3n) is 4.07. The van der Waals surface area contributed by atoms with E-state index in [-0.39, 0.29) is 11.8 Å². The number of aromatic nitrogens is 4. The molecule has 1 aliphatic rings. The van der Waals surface area contributed by atoms with Crippen LogP contribution in [0.4, 0.5) is 5.82 Å². The first kappa shape index (κ1) is 15.6. The minimum absolute atomic E-state index is 0.0991. The standard InChI is InChI=1S/C16H21N5O2/c1-4-21-14(5-6-17-21)13-9-15(18-19-16(13)12(3)22)20-7-8-23-10-11(20)2/h5-6,9,11H,4,7-8,10H2,1-3H3/t11-/m1/s1. The molecule has 2 aromatic heterocycles. The Bertz CT molecular complexity index is 712. The molecule has 3 heterocycles. The second-order valence-electron chi connectivity index (χ2n) is 5.67. The lowest BCUT2D eigenvalue weighted by Crippen LogP contribution is -2.44. The summed E-state index contributed by atoms with van der Waals surface area (Å²) in [6.07, 6.45) is 1.74. The summed E-state index contributed by atoms with van der Waals surface area (Å²) in [5.74, 6) is 0.669. The van der Waals surface area contributed by atoms with Crippen LogP contribution in [0.25, 0.3) is 11.3 Å². The van der Waals surface area contributed by atoms with Crippen LogP contribution in [0.3, 0.4) is 0 Å². The molecule has 0 bridgehead atoms. The summed E-state index contributed by atoms with van der Waals surface area (Å²) in [4.78, 5) is 14.1. The number of rotatable bonds is 4. The Balaban J connectivity index is 2.08. The van der Waals surface area contributed by atoms with Crippen LogP contribution in [-0.4, -0.2) is 51.6 Å². The lowest BCUT2D eigenvalue weighted by molar-refractivity contribution is 0.0982. The van der Waals surface area contributed by atoms with Gasteiger partial charge < -0.3 is 9.64 Å². The maximum Gasteiger partial charge on any atom is 0.180 e. The van der Waals surface area contributed by atoms with E-state index < -0.39 is 0 Å². The fraction of sp³-hybridized carbons (Fsp3) is 0.500. The number of Topliss-reactive ketones (excluding diaryl/α,β-unsaturated/α-hetero) is 1. The Hall–Kier alpha value is -2.28. The Morgan fingerprint density at radius 1 is 1.43 bits per heavy atom. The first-order chi connectivity index (χ1) is 11.1. The van der Waals surface area contributed by atoms with Crippen molar-refractivity contribution in [3.05, 3.63) is 24.0 Å². The fourth-order valence-corrected chi connectivity index (χ4v) is 2.86. The van der Waals surface area contributed by atoms with Gasteiger partial charge in [0.25, 0.3) is 0 Å². The van der Waals surface area contributed by atoms with E-state index in [2.05, 4.69) is 27.1 Å². The number of ketones is 1.